The molecule has 0 fully saturated rings. The highest BCUT2D eigenvalue weighted by molar-refractivity contribution is 6.10. The van der Waals surface area contributed by atoms with Gasteiger partial charge < -0.3 is 14.0 Å². The molecule has 0 saturated heterocycles. The van der Waals surface area contributed by atoms with Gasteiger partial charge in [0, 0.05) is 72.9 Å². The first-order valence-electron chi connectivity index (χ1n) is 22.8. The van der Waals surface area contributed by atoms with Gasteiger partial charge in [-0.1, -0.05) is 153 Å². The van der Waals surface area contributed by atoms with Crippen LogP contribution >= 0.6 is 0 Å². The van der Waals surface area contributed by atoms with Crippen LogP contribution in [0.3, 0.4) is 0 Å². The molecule has 4 heteroatoms. The third-order valence-electron chi connectivity index (χ3n) is 14.0. The predicted molar refractivity (Wildman–Crippen MR) is 267 cm³/mol. The third kappa shape index (κ3) is 5.79. The van der Waals surface area contributed by atoms with E-state index in [4.69, 9.17) is 4.98 Å². The SMILES string of the molecule is CC1C=C(N2c3ccccc3-c3c4c(n(-c5ccc6c(c5)c5ccccc5n6-c5ccccc5)c3C3C=CC=CC32)CCC=C4)C=C(c2ccc3ccc(-c4ccccc4)cc3n2)C1. The molecule has 3 aliphatic carbocycles. The molecule has 4 nitrogen and oxygen atoms in total. The highest BCUT2D eigenvalue weighted by Gasteiger charge is 2.40. The van der Waals surface area contributed by atoms with Gasteiger partial charge in [-0.15, -0.1) is 0 Å². The van der Waals surface area contributed by atoms with E-state index in [9.17, 15) is 0 Å². The maximum Gasteiger partial charge on any atom is 0.0715 e. The molecule has 9 aromatic rings. The highest BCUT2D eigenvalue weighted by atomic mass is 15.2. The molecule has 6 aromatic carbocycles. The Morgan fingerprint density at radius 3 is 2.33 bits per heavy atom. The Morgan fingerprint density at radius 1 is 0.641 bits per heavy atom. The van der Waals surface area contributed by atoms with Gasteiger partial charge in [0.05, 0.1) is 28.3 Å². The summed E-state index contributed by atoms with van der Waals surface area (Å²) < 4.78 is 5.07. The maximum atomic E-state index is 5.37. The molecule has 64 heavy (non-hydrogen) atoms. The van der Waals surface area contributed by atoms with Crippen molar-refractivity contribution in [2.75, 3.05) is 4.90 Å². The molecule has 3 aromatic heterocycles. The van der Waals surface area contributed by atoms with E-state index in [1.54, 1.807) is 0 Å². The average Bonchev–Trinajstić information content (AvgIpc) is 3.83. The summed E-state index contributed by atoms with van der Waals surface area (Å²) in [7, 11) is 0. The van der Waals surface area contributed by atoms with Gasteiger partial charge in [-0.25, -0.2) is 4.98 Å². The van der Waals surface area contributed by atoms with E-state index >= 15 is 0 Å². The molecule has 13 rings (SSSR count). The molecule has 0 amide bonds. The van der Waals surface area contributed by atoms with Crippen LogP contribution in [-0.2, 0) is 6.42 Å². The van der Waals surface area contributed by atoms with Crippen LogP contribution in [0.15, 0.2) is 206 Å². The van der Waals surface area contributed by atoms with E-state index in [2.05, 4.69) is 227 Å². The molecule has 4 aliphatic rings. The topological polar surface area (TPSA) is 26.0 Å². The lowest BCUT2D eigenvalue weighted by atomic mass is 9.86. The minimum absolute atomic E-state index is 0.0438. The zero-order chi connectivity index (χ0) is 42.3. The summed E-state index contributed by atoms with van der Waals surface area (Å²) in [4.78, 5) is 8.01. The van der Waals surface area contributed by atoms with Crippen LogP contribution < -0.4 is 4.90 Å². The van der Waals surface area contributed by atoms with Crippen molar-refractivity contribution in [1.82, 2.24) is 14.1 Å². The van der Waals surface area contributed by atoms with Crippen molar-refractivity contribution >= 4 is 50.0 Å². The fourth-order valence-corrected chi connectivity index (χ4v) is 11.2. The van der Waals surface area contributed by atoms with Gasteiger partial charge in [0.1, 0.15) is 0 Å². The van der Waals surface area contributed by atoms with Crippen molar-refractivity contribution in [3.8, 4) is 33.6 Å². The number of hydrogen-bond acceptors (Lipinski definition) is 2. The third-order valence-corrected chi connectivity index (χ3v) is 14.0. The number of hydrogen-bond donors (Lipinski definition) is 0. The van der Waals surface area contributed by atoms with E-state index in [-0.39, 0.29) is 12.0 Å². The molecule has 0 saturated carbocycles. The number of aromatic nitrogens is 3. The number of pyridine rings is 1. The van der Waals surface area contributed by atoms with Crippen LogP contribution in [0, 0.1) is 5.92 Å². The van der Waals surface area contributed by atoms with Crippen LogP contribution in [0.4, 0.5) is 5.69 Å². The quantitative estimate of drug-likeness (QED) is 0.173. The fourth-order valence-electron chi connectivity index (χ4n) is 11.2. The predicted octanol–water partition coefficient (Wildman–Crippen LogP) is 14.8. The zero-order valence-corrected chi connectivity index (χ0v) is 35.8. The smallest absolute Gasteiger partial charge is 0.0715 e. The molecular formula is C60H46N4. The van der Waals surface area contributed by atoms with Gasteiger partial charge in [0.25, 0.3) is 0 Å². The van der Waals surface area contributed by atoms with Crippen LogP contribution in [0.25, 0.3) is 78.0 Å². The number of anilines is 1. The fraction of sp³-hybridized carbons (Fsp3) is 0.117. The minimum atomic E-state index is 0.0438. The van der Waals surface area contributed by atoms with Gasteiger partial charge in [-0.2, -0.15) is 0 Å². The van der Waals surface area contributed by atoms with Gasteiger partial charge in [-0.3, -0.25) is 0 Å². The van der Waals surface area contributed by atoms with E-state index in [0.29, 0.717) is 5.92 Å². The summed E-state index contributed by atoms with van der Waals surface area (Å²) in [5.74, 6) is 0.412. The molecule has 1 aliphatic heterocycles. The second kappa shape index (κ2) is 14.7. The lowest BCUT2D eigenvalue weighted by molar-refractivity contribution is 0.640. The van der Waals surface area contributed by atoms with Gasteiger partial charge in [0.15, 0.2) is 0 Å². The summed E-state index contributed by atoms with van der Waals surface area (Å²) in [5, 5.41) is 3.69. The molecular weight excluding hydrogens is 777 g/mol. The number of rotatable bonds is 5. The van der Waals surface area contributed by atoms with Gasteiger partial charge >= 0.3 is 0 Å². The molecule has 4 heterocycles. The lowest BCUT2D eigenvalue weighted by Crippen LogP contribution is -2.38. The molecule has 0 spiro atoms. The monoisotopic (exact) mass is 822 g/mol. The van der Waals surface area contributed by atoms with Crippen LogP contribution in [-0.4, -0.2) is 20.2 Å². The summed E-state index contributed by atoms with van der Waals surface area (Å²) in [6.07, 6.45) is 22.1. The minimum Gasteiger partial charge on any atom is -0.333 e. The van der Waals surface area contributed by atoms with E-state index in [1.807, 2.05) is 0 Å². The first kappa shape index (κ1) is 36.9. The van der Waals surface area contributed by atoms with E-state index < -0.39 is 0 Å². The number of para-hydroxylation sites is 3. The standard InChI is InChI=1S/C60H46N4/c1-39-34-43(52-32-30-41-28-29-42(37-53(41)61-52)40-16-4-2-5-17-40)36-46(35-39)63-55-25-13-9-21-48(55)59-49-22-10-14-26-56(49)64(60(59)50-23-11-15-27-57(50)63)45-31-33-58-51(38-45)47-20-8-12-24-54(47)62(58)44-18-6-3-7-19-44/h2-13,15-25,27-33,35-39,50,57H,14,26,34H2,1H3. The largest absolute Gasteiger partial charge is 0.333 e. The molecule has 0 bridgehead atoms. The first-order valence-corrected chi connectivity index (χ1v) is 22.8. The molecule has 0 N–H and O–H groups in total. The van der Waals surface area contributed by atoms with Gasteiger partial charge in [0.2, 0.25) is 0 Å². The van der Waals surface area contributed by atoms with Crippen molar-refractivity contribution in [1.29, 1.82) is 0 Å². The van der Waals surface area contributed by atoms with Crippen LogP contribution in [0.1, 0.15) is 48.3 Å². The Hall–Kier alpha value is -7.69. The summed E-state index contributed by atoms with van der Waals surface area (Å²) >= 11 is 0. The Balaban J connectivity index is 0.981. The Kier molecular flexibility index (Phi) is 8.49. The van der Waals surface area contributed by atoms with Crippen molar-refractivity contribution < 1.29 is 0 Å². The van der Waals surface area contributed by atoms with E-state index in [0.717, 1.165) is 35.9 Å². The lowest BCUT2D eigenvalue weighted by Gasteiger charge is -2.39. The number of fused-ring (bicyclic) bond motifs is 11. The first-order chi connectivity index (χ1) is 31.7. The Morgan fingerprint density at radius 2 is 1.42 bits per heavy atom. The average molecular weight is 823 g/mol. The zero-order valence-electron chi connectivity index (χ0n) is 35.8. The second-order valence-corrected chi connectivity index (χ2v) is 17.9. The molecule has 3 unspecified atom stereocenters. The van der Waals surface area contributed by atoms with Crippen molar-refractivity contribution in [2.24, 2.45) is 5.92 Å². The Labute approximate surface area is 373 Å². The molecule has 306 valence electrons. The summed E-state index contributed by atoms with van der Waals surface area (Å²) in [6.45, 7) is 2.36. The summed E-state index contributed by atoms with van der Waals surface area (Å²) in [6, 6.07) is 57.7. The second-order valence-electron chi connectivity index (χ2n) is 17.9. The normalized spacial score (nSPS) is 18.6. The Bertz CT molecular complexity index is 3500. The molecule has 0 radical (unpaired) electrons. The molecule has 3 atom stereocenters. The highest BCUT2D eigenvalue weighted by Crippen LogP contribution is 2.52. The number of allylic oxidation sites excluding steroid dienone is 6. The van der Waals surface area contributed by atoms with Crippen molar-refractivity contribution in [3.05, 3.63) is 229 Å². The maximum absolute atomic E-state index is 5.37. The van der Waals surface area contributed by atoms with Crippen LogP contribution in [0.2, 0.25) is 0 Å². The van der Waals surface area contributed by atoms with Gasteiger partial charge in [-0.05, 0) is 103 Å². The number of nitrogens with zero attached hydrogens (tertiary/aromatic N) is 4. The van der Waals surface area contributed by atoms with E-state index in [1.165, 1.54) is 89.3 Å². The summed E-state index contributed by atoms with van der Waals surface area (Å²) in [5.41, 5.74) is 19.8. The van der Waals surface area contributed by atoms with Crippen molar-refractivity contribution in [2.45, 2.75) is 38.1 Å². The number of benzene rings is 6. The van der Waals surface area contributed by atoms with Crippen LogP contribution in [0.5, 0.6) is 0 Å². The van der Waals surface area contributed by atoms with Crippen molar-refractivity contribution in [3.63, 3.8) is 0 Å².